The van der Waals surface area contributed by atoms with Crippen molar-refractivity contribution in [2.24, 2.45) is 0 Å². The summed E-state index contributed by atoms with van der Waals surface area (Å²) in [5.74, 6) is 0. The number of fused-ring (bicyclic) bond motifs is 1. The lowest BCUT2D eigenvalue weighted by Crippen LogP contribution is -2.06. The van der Waals surface area contributed by atoms with E-state index >= 15 is 0 Å². The zero-order valence-electron chi connectivity index (χ0n) is 11.5. The van der Waals surface area contributed by atoms with Crippen LogP contribution in [0.1, 0.15) is 30.0 Å². The average molecular weight is 287 g/mol. The van der Waals surface area contributed by atoms with E-state index in [4.69, 9.17) is 0 Å². The standard InChI is InChI=1S/C15H17N3OS/c1-10-14(18-7-8-20-15(18)17-10)9-16-13-6-4-3-5-12(13)11(2)19/h3-8,11,16,19H,9H2,1-2H3. The van der Waals surface area contributed by atoms with Crippen LogP contribution < -0.4 is 5.32 Å². The first-order valence-corrected chi connectivity index (χ1v) is 7.46. The van der Waals surface area contributed by atoms with Crippen LogP contribution in [0.15, 0.2) is 35.8 Å². The fraction of sp³-hybridized carbons (Fsp3) is 0.267. The Balaban J connectivity index is 1.86. The van der Waals surface area contributed by atoms with Gasteiger partial charge in [-0.3, -0.25) is 4.40 Å². The predicted molar refractivity (Wildman–Crippen MR) is 82.2 cm³/mol. The molecule has 104 valence electrons. The monoisotopic (exact) mass is 287 g/mol. The van der Waals surface area contributed by atoms with E-state index in [0.717, 1.165) is 27.6 Å². The number of aliphatic hydroxyl groups excluding tert-OH is 1. The molecule has 2 heterocycles. The third kappa shape index (κ3) is 2.30. The maximum absolute atomic E-state index is 9.80. The SMILES string of the molecule is Cc1nc2sccn2c1CNc1ccccc1C(C)O. The molecule has 1 aromatic carbocycles. The molecule has 5 heteroatoms. The third-order valence-corrected chi connectivity index (χ3v) is 4.18. The number of hydrogen-bond donors (Lipinski definition) is 2. The lowest BCUT2D eigenvalue weighted by molar-refractivity contribution is 0.200. The van der Waals surface area contributed by atoms with Crippen LogP contribution in [-0.4, -0.2) is 14.5 Å². The van der Waals surface area contributed by atoms with Gasteiger partial charge in [0, 0.05) is 22.8 Å². The molecule has 2 N–H and O–H groups in total. The van der Waals surface area contributed by atoms with Gasteiger partial charge in [0.25, 0.3) is 0 Å². The summed E-state index contributed by atoms with van der Waals surface area (Å²) in [5.41, 5.74) is 4.07. The van der Waals surface area contributed by atoms with Crippen LogP contribution in [0.25, 0.3) is 4.96 Å². The van der Waals surface area contributed by atoms with Crippen LogP contribution in [0.2, 0.25) is 0 Å². The van der Waals surface area contributed by atoms with Crippen molar-refractivity contribution in [3.63, 3.8) is 0 Å². The van der Waals surface area contributed by atoms with Gasteiger partial charge in [-0.2, -0.15) is 0 Å². The number of anilines is 1. The lowest BCUT2D eigenvalue weighted by Gasteiger charge is -2.13. The highest BCUT2D eigenvalue weighted by Crippen LogP contribution is 2.24. The number of aliphatic hydroxyl groups is 1. The lowest BCUT2D eigenvalue weighted by atomic mass is 10.1. The Morgan fingerprint density at radius 3 is 3.00 bits per heavy atom. The molecule has 0 aliphatic rings. The zero-order chi connectivity index (χ0) is 14.1. The second kappa shape index (κ2) is 5.26. The largest absolute Gasteiger partial charge is 0.389 e. The van der Waals surface area contributed by atoms with Crippen LogP contribution in [0.5, 0.6) is 0 Å². The summed E-state index contributed by atoms with van der Waals surface area (Å²) < 4.78 is 2.11. The molecule has 0 saturated carbocycles. The van der Waals surface area contributed by atoms with E-state index in [9.17, 15) is 5.11 Å². The number of nitrogens with one attached hydrogen (secondary N) is 1. The molecule has 3 rings (SSSR count). The van der Waals surface area contributed by atoms with Gasteiger partial charge in [-0.25, -0.2) is 4.98 Å². The van der Waals surface area contributed by atoms with E-state index in [1.807, 2.05) is 42.8 Å². The highest BCUT2D eigenvalue weighted by atomic mass is 32.1. The Kier molecular flexibility index (Phi) is 3.46. The quantitative estimate of drug-likeness (QED) is 0.773. The minimum absolute atomic E-state index is 0.480. The normalized spacial score (nSPS) is 12.8. The van der Waals surface area contributed by atoms with Gasteiger partial charge in [-0.05, 0) is 19.9 Å². The number of nitrogens with zero attached hydrogens (tertiary/aromatic N) is 2. The van der Waals surface area contributed by atoms with Gasteiger partial charge in [0.05, 0.1) is 24.0 Å². The molecule has 20 heavy (non-hydrogen) atoms. The maximum atomic E-state index is 9.80. The molecule has 0 radical (unpaired) electrons. The van der Waals surface area contributed by atoms with Crippen molar-refractivity contribution in [1.82, 2.24) is 9.38 Å². The van der Waals surface area contributed by atoms with Gasteiger partial charge in [-0.15, -0.1) is 11.3 Å². The minimum Gasteiger partial charge on any atom is -0.389 e. The van der Waals surface area contributed by atoms with E-state index < -0.39 is 6.10 Å². The molecule has 1 atom stereocenters. The number of imidazole rings is 1. The fourth-order valence-electron chi connectivity index (χ4n) is 2.35. The van der Waals surface area contributed by atoms with Crippen molar-refractivity contribution in [3.8, 4) is 0 Å². The Morgan fingerprint density at radius 2 is 2.20 bits per heavy atom. The summed E-state index contributed by atoms with van der Waals surface area (Å²) in [6.07, 6.45) is 1.56. The van der Waals surface area contributed by atoms with Crippen molar-refractivity contribution in [1.29, 1.82) is 0 Å². The number of rotatable bonds is 4. The molecule has 4 nitrogen and oxygen atoms in total. The third-order valence-electron chi connectivity index (χ3n) is 3.42. The zero-order valence-corrected chi connectivity index (χ0v) is 12.3. The van der Waals surface area contributed by atoms with Gasteiger partial charge < -0.3 is 10.4 Å². The smallest absolute Gasteiger partial charge is 0.194 e. The summed E-state index contributed by atoms with van der Waals surface area (Å²) >= 11 is 1.64. The van der Waals surface area contributed by atoms with Crippen LogP contribution in [0, 0.1) is 6.92 Å². The Bertz CT molecular complexity index is 730. The number of hydrogen-bond acceptors (Lipinski definition) is 4. The molecule has 0 spiro atoms. The fourth-order valence-corrected chi connectivity index (χ4v) is 3.13. The van der Waals surface area contributed by atoms with Gasteiger partial charge >= 0.3 is 0 Å². The summed E-state index contributed by atoms with van der Waals surface area (Å²) in [5, 5.41) is 15.2. The number of para-hydroxylation sites is 1. The first kappa shape index (κ1) is 13.1. The molecule has 0 fully saturated rings. The van der Waals surface area contributed by atoms with Crippen molar-refractivity contribution in [2.75, 3.05) is 5.32 Å². The maximum Gasteiger partial charge on any atom is 0.194 e. The van der Waals surface area contributed by atoms with E-state index in [1.165, 1.54) is 0 Å². The molecule has 1 unspecified atom stereocenters. The number of benzene rings is 1. The number of thiazole rings is 1. The predicted octanol–water partition coefficient (Wildman–Crippen LogP) is 3.37. The van der Waals surface area contributed by atoms with Crippen LogP contribution in [0.3, 0.4) is 0 Å². The van der Waals surface area contributed by atoms with Gasteiger partial charge in [-0.1, -0.05) is 18.2 Å². The van der Waals surface area contributed by atoms with Gasteiger partial charge in [0.15, 0.2) is 4.96 Å². The first-order valence-electron chi connectivity index (χ1n) is 6.58. The second-order valence-corrected chi connectivity index (χ2v) is 5.69. The summed E-state index contributed by atoms with van der Waals surface area (Å²) in [6, 6.07) is 7.84. The van der Waals surface area contributed by atoms with Crippen molar-refractivity contribution in [3.05, 3.63) is 52.8 Å². The second-order valence-electron chi connectivity index (χ2n) is 4.82. The molecule has 3 aromatic rings. The Hall–Kier alpha value is -1.85. The van der Waals surface area contributed by atoms with E-state index in [1.54, 1.807) is 18.3 Å². The minimum atomic E-state index is -0.480. The highest BCUT2D eigenvalue weighted by Gasteiger charge is 2.11. The Labute approximate surface area is 121 Å². The van der Waals surface area contributed by atoms with Crippen molar-refractivity contribution in [2.45, 2.75) is 26.5 Å². The van der Waals surface area contributed by atoms with Crippen molar-refractivity contribution < 1.29 is 5.11 Å². The molecular weight excluding hydrogens is 270 g/mol. The molecule has 0 amide bonds. The summed E-state index contributed by atoms with van der Waals surface area (Å²) in [6.45, 7) is 4.49. The molecule has 0 saturated heterocycles. The first-order chi connectivity index (χ1) is 9.66. The molecule has 0 bridgehead atoms. The topological polar surface area (TPSA) is 49.6 Å². The van der Waals surface area contributed by atoms with E-state index in [2.05, 4.69) is 14.7 Å². The van der Waals surface area contributed by atoms with Crippen LogP contribution in [-0.2, 0) is 6.54 Å². The number of aromatic nitrogens is 2. The Morgan fingerprint density at radius 1 is 1.40 bits per heavy atom. The van der Waals surface area contributed by atoms with Crippen LogP contribution >= 0.6 is 11.3 Å². The highest BCUT2D eigenvalue weighted by molar-refractivity contribution is 7.15. The van der Waals surface area contributed by atoms with Gasteiger partial charge in [0.2, 0.25) is 0 Å². The number of aryl methyl sites for hydroxylation is 1. The van der Waals surface area contributed by atoms with Crippen LogP contribution in [0.4, 0.5) is 5.69 Å². The average Bonchev–Trinajstić information content (AvgIpc) is 2.97. The van der Waals surface area contributed by atoms with Gasteiger partial charge in [0.1, 0.15) is 0 Å². The molecular formula is C15H17N3OS. The van der Waals surface area contributed by atoms with E-state index in [-0.39, 0.29) is 0 Å². The van der Waals surface area contributed by atoms with E-state index in [0.29, 0.717) is 6.54 Å². The summed E-state index contributed by atoms with van der Waals surface area (Å²) in [4.78, 5) is 5.55. The molecule has 2 aromatic heterocycles. The molecule has 0 aliphatic carbocycles. The molecule has 0 aliphatic heterocycles. The summed E-state index contributed by atoms with van der Waals surface area (Å²) in [7, 11) is 0. The van der Waals surface area contributed by atoms with Crippen molar-refractivity contribution >= 4 is 22.0 Å².